The summed E-state index contributed by atoms with van der Waals surface area (Å²) in [6.45, 7) is -3.04. The van der Waals surface area contributed by atoms with Crippen LogP contribution in [-0.4, -0.2) is 35.8 Å². The van der Waals surface area contributed by atoms with Gasteiger partial charge in [-0.1, -0.05) is 48.0 Å². The lowest BCUT2D eigenvalue weighted by Crippen LogP contribution is -2.48. The average molecular weight is 342 g/mol. The predicted molar refractivity (Wildman–Crippen MR) is 89.7 cm³/mol. The highest BCUT2D eigenvalue weighted by Crippen LogP contribution is 2.18. The Bertz CT molecular complexity index is 808. The number of carbonyl (C=O) groups excluding carboxylic acids is 2. The second kappa shape index (κ2) is 6.68. The van der Waals surface area contributed by atoms with Crippen molar-refractivity contribution in [1.82, 2.24) is 5.32 Å². The normalized spacial score (nSPS) is 16.0. The third kappa shape index (κ3) is 3.41. The standard InChI is InChI=1S/C17H17BNO6/c1-24-17(21)15(11-5-3-2-4-6-11)19-16(20)12-7-8-13-10-25-18(22,23)14(13)9-12/h2-9,15,22-23H,10H2,1H3,(H,19,20)/q-1/t15-/m1/s1. The predicted octanol–water partition coefficient (Wildman–Crippen LogP) is -0.00860. The van der Waals surface area contributed by atoms with Crippen molar-refractivity contribution in [3.8, 4) is 0 Å². The van der Waals surface area contributed by atoms with Crippen LogP contribution in [0.1, 0.15) is 27.5 Å². The van der Waals surface area contributed by atoms with E-state index in [0.717, 1.165) is 0 Å². The van der Waals surface area contributed by atoms with Gasteiger partial charge in [0.2, 0.25) is 0 Å². The van der Waals surface area contributed by atoms with E-state index in [1.807, 2.05) is 0 Å². The Morgan fingerprint density at radius 2 is 1.92 bits per heavy atom. The molecule has 7 nitrogen and oxygen atoms in total. The van der Waals surface area contributed by atoms with Gasteiger partial charge in [0.05, 0.1) is 7.11 Å². The maximum absolute atomic E-state index is 12.5. The van der Waals surface area contributed by atoms with E-state index < -0.39 is 24.7 Å². The lowest BCUT2D eigenvalue weighted by Gasteiger charge is -2.23. The van der Waals surface area contributed by atoms with Gasteiger partial charge in [-0.05, 0) is 11.6 Å². The van der Waals surface area contributed by atoms with Crippen molar-refractivity contribution >= 4 is 24.1 Å². The number of hydrogen-bond donors (Lipinski definition) is 3. The topological polar surface area (TPSA) is 105 Å². The Balaban J connectivity index is 1.87. The molecule has 3 rings (SSSR count). The summed E-state index contributed by atoms with van der Waals surface area (Å²) in [6.07, 6.45) is 0. The van der Waals surface area contributed by atoms with Gasteiger partial charge < -0.3 is 24.8 Å². The summed E-state index contributed by atoms with van der Waals surface area (Å²) in [4.78, 5) is 24.6. The minimum atomic E-state index is -3.11. The highest BCUT2D eigenvalue weighted by molar-refractivity contribution is 6.74. The molecule has 0 bridgehead atoms. The van der Waals surface area contributed by atoms with Gasteiger partial charge in [0.1, 0.15) is 0 Å². The second-order valence-electron chi connectivity index (χ2n) is 5.77. The van der Waals surface area contributed by atoms with Crippen LogP contribution in [0.2, 0.25) is 0 Å². The van der Waals surface area contributed by atoms with Crippen LogP contribution in [0.25, 0.3) is 0 Å². The van der Waals surface area contributed by atoms with Crippen LogP contribution in [-0.2, 0) is 20.8 Å². The molecule has 0 saturated carbocycles. The molecule has 0 aromatic heterocycles. The zero-order valence-corrected chi connectivity index (χ0v) is 13.5. The van der Waals surface area contributed by atoms with Crippen molar-refractivity contribution in [2.75, 3.05) is 7.11 Å². The van der Waals surface area contributed by atoms with E-state index in [1.165, 1.54) is 19.2 Å². The second-order valence-corrected chi connectivity index (χ2v) is 5.77. The number of benzene rings is 2. The first-order valence-electron chi connectivity index (χ1n) is 7.72. The van der Waals surface area contributed by atoms with Gasteiger partial charge >= 0.3 is 12.7 Å². The third-order valence-electron chi connectivity index (χ3n) is 4.13. The number of rotatable bonds is 4. The van der Waals surface area contributed by atoms with E-state index in [0.29, 0.717) is 11.1 Å². The van der Waals surface area contributed by atoms with E-state index in [4.69, 9.17) is 9.39 Å². The summed E-state index contributed by atoms with van der Waals surface area (Å²) in [5.74, 6) is -1.15. The van der Waals surface area contributed by atoms with E-state index >= 15 is 0 Å². The number of fused-ring (bicyclic) bond motifs is 1. The smallest absolute Gasteiger partial charge is 0.405 e. The molecule has 0 radical (unpaired) electrons. The van der Waals surface area contributed by atoms with Gasteiger partial charge in [0.25, 0.3) is 5.91 Å². The molecule has 0 saturated heterocycles. The largest absolute Gasteiger partial charge is 0.556 e. The monoisotopic (exact) mass is 342 g/mol. The molecule has 0 unspecified atom stereocenters. The van der Waals surface area contributed by atoms with Gasteiger partial charge in [0.15, 0.2) is 6.04 Å². The van der Waals surface area contributed by atoms with Crippen molar-refractivity contribution < 1.29 is 29.0 Å². The zero-order valence-electron chi connectivity index (χ0n) is 13.5. The Labute approximate surface area is 144 Å². The number of nitrogens with one attached hydrogen (secondary N) is 1. The molecule has 1 amide bonds. The Kier molecular flexibility index (Phi) is 4.58. The van der Waals surface area contributed by atoms with E-state index in [9.17, 15) is 19.6 Å². The van der Waals surface area contributed by atoms with Crippen LogP contribution in [0, 0.1) is 0 Å². The fourth-order valence-electron chi connectivity index (χ4n) is 2.77. The van der Waals surface area contributed by atoms with E-state index in [2.05, 4.69) is 5.32 Å². The lowest BCUT2D eigenvalue weighted by atomic mass is 9.70. The lowest BCUT2D eigenvalue weighted by molar-refractivity contribution is -0.143. The zero-order chi connectivity index (χ0) is 18.0. The minimum absolute atomic E-state index is 0.0685. The maximum atomic E-state index is 12.5. The molecular weight excluding hydrogens is 325 g/mol. The summed E-state index contributed by atoms with van der Waals surface area (Å²) in [5.41, 5.74) is 1.54. The number of carbonyl (C=O) groups is 2. The van der Waals surface area contributed by atoms with Gasteiger partial charge in [-0.25, -0.2) is 4.79 Å². The molecular formula is C17H17BNO6-. The SMILES string of the molecule is COC(=O)[C@H](NC(=O)c1ccc2c(c1)[B-](O)(O)OC2)c1ccccc1. The average Bonchev–Trinajstić information content (AvgIpc) is 2.94. The van der Waals surface area contributed by atoms with Crippen molar-refractivity contribution in [3.63, 3.8) is 0 Å². The summed E-state index contributed by atoms with van der Waals surface area (Å²) in [6, 6.07) is 12.2. The van der Waals surface area contributed by atoms with Crippen molar-refractivity contribution in [3.05, 3.63) is 65.2 Å². The highest BCUT2D eigenvalue weighted by atomic mass is 16.6. The first-order chi connectivity index (χ1) is 11.9. The van der Waals surface area contributed by atoms with Crippen molar-refractivity contribution in [1.29, 1.82) is 0 Å². The Hall–Kier alpha value is -2.68. The quantitative estimate of drug-likeness (QED) is 0.533. The summed E-state index contributed by atoms with van der Waals surface area (Å²) in [5, 5.41) is 22.3. The molecule has 0 fully saturated rings. The molecule has 2 aromatic rings. The number of esters is 1. The van der Waals surface area contributed by atoms with Gasteiger partial charge in [-0.2, -0.15) is 0 Å². The third-order valence-corrected chi connectivity index (χ3v) is 4.13. The van der Waals surface area contributed by atoms with E-state index in [1.54, 1.807) is 36.4 Å². The molecule has 8 heteroatoms. The first kappa shape index (κ1) is 17.2. The molecule has 1 heterocycles. The van der Waals surface area contributed by atoms with Gasteiger partial charge in [-0.15, -0.1) is 5.46 Å². The molecule has 25 heavy (non-hydrogen) atoms. The number of ether oxygens (including phenoxy) is 1. The molecule has 0 aliphatic carbocycles. The van der Waals surface area contributed by atoms with Gasteiger partial charge in [-0.3, -0.25) is 4.79 Å². The molecule has 1 aliphatic heterocycles. The molecule has 1 aliphatic rings. The van der Waals surface area contributed by atoms with Crippen LogP contribution >= 0.6 is 0 Å². The fourth-order valence-corrected chi connectivity index (χ4v) is 2.77. The molecule has 130 valence electrons. The van der Waals surface area contributed by atoms with Gasteiger partial charge in [0, 0.05) is 12.2 Å². The van der Waals surface area contributed by atoms with Crippen LogP contribution in [0.3, 0.4) is 0 Å². The summed E-state index contributed by atoms with van der Waals surface area (Å²) < 4.78 is 9.68. The fraction of sp³-hybridized carbons (Fsp3) is 0.176. The first-order valence-corrected chi connectivity index (χ1v) is 7.72. The Morgan fingerprint density at radius 3 is 2.60 bits per heavy atom. The van der Waals surface area contributed by atoms with Crippen molar-refractivity contribution in [2.45, 2.75) is 12.6 Å². The van der Waals surface area contributed by atoms with Crippen LogP contribution in [0.5, 0.6) is 0 Å². The Morgan fingerprint density at radius 1 is 1.20 bits per heavy atom. The van der Waals surface area contributed by atoms with Crippen LogP contribution in [0.15, 0.2) is 48.5 Å². The minimum Gasteiger partial charge on any atom is -0.556 e. The summed E-state index contributed by atoms with van der Waals surface area (Å²) in [7, 11) is 1.24. The molecule has 3 N–H and O–H groups in total. The number of methoxy groups -OCH3 is 1. The molecule has 1 atom stereocenters. The van der Waals surface area contributed by atoms with Crippen LogP contribution in [0.4, 0.5) is 0 Å². The molecule has 0 spiro atoms. The summed E-state index contributed by atoms with van der Waals surface area (Å²) >= 11 is 0. The number of hydrogen-bond acceptors (Lipinski definition) is 6. The maximum Gasteiger partial charge on any atom is 0.405 e. The van der Waals surface area contributed by atoms with E-state index in [-0.39, 0.29) is 17.6 Å². The van der Waals surface area contributed by atoms with Crippen LogP contribution < -0.4 is 10.8 Å². The van der Waals surface area contributed by atoms with Crippen molar-refractivity contribution in [2.24, 2.45) is 0 Å². The molecule has 2 aromatic carbocycles. The highest BCUT2D eigenvalue weighted by Gasteiger charge is 2.32. The number of amides is 1.